The topological polar surface area (TPSA) is 0 Å². The van der Waals surface area contributed by atoms with E-state index in [9.17, 15) is 0 Å². The highest BCUT2D eigenvalue weighted by atomic mass is 14.0. The van der Waals surface area contributed by atoms with Crippen molar-refractivity contribution in [3.8, 4) is 11.1 Å². The van der Waals surface area contributed by atoms with Crippen molar-refractivity contribution in [3.05, 3.63) is 59.7 Å². The van der Waals surface area contributed by atoms with Crippen LogP contribution in [0.2, 0.25) is 0 Å². The van der Waals surface area contributed by atoms with Gasteiger partial charge >= 0.3 is 0 Å². The lowest BCUT2D eigenvalue weighted by atomic mass is 10.0. The van der Waals surface area contributed by atoms with Gasteiger partial charge in [-0.1, -0.05) is 79.9 Å². The summed E-state index contributed by atoms with van der Waals surface area (Å²) in [5.74, 6) is 0. The summed E-state index contributed by atoms with van der Waals surface area (Å²) in [6.07, 6.45) is 1.25. The Labute approximate surface area is 105 Å². The van der Waals surface area contributed by atoms with Crippen molar-refractivity contribution in [2.45, 2.75) is 34.1 Å². The molecule has 0 bridgehead atoms. The van der Waals surface area contributed by atoms with Gasteiger partial charge in [-0.2, -0.15) is 0 Å². The monoisotopic (exact) mass is 226 g/mol. The predicted molar refractivity (Wildman–Crippen MR) is 77.3 cm³/mol. The molecule has 0 heteroatoms. The molecule has 2 aromatic carbocycles. The van der Waals surface area contributed by atoms with E-state index in [0.717, 1.165) is 0 Å². The molecule has 0 saturated carbocycles. The fraction of sp³-hybridized carbons (Fsp3) is 0.294. The zero-order valence-electron chi connectivity index (χ0n) is 11.3. The van der Waals surface area contributed by atoms with E-state index in [0.29, 0.717) is 0 Å². The summed E-state index contributed by atoms with van der Waals surface area (Å²) in [7, 11) is 0. The van der Waals surface area contributed by atoms with Crippen LogP contribution >= 0.6 is 0 Å². The molecule has 0 N–H and O–H groups in total. The van der Waals surface area contributed by atoms with Crippen molar-refractivity contribution in [1.29, 1.82) is 0 Å². The maximum absolute atomic E-state index is 2.21. The van der Waals surface area contributed by atoms with Crippen molar-refractivity contribution >= 4 is 0 Å². The quantitative estimate of drug-likeness (QED) is 0.612. The van der Waals surface area contributed by atoms with Gasteiger partial charge in [-0.3, -0.25) is 0 Å². The fourth-order valence-corrected chi connectivity index (χ4v) is 1.57. The highest BCUT2D eigenvalue weighted by Crippen LogP contribution is 2.20. The van der Waals surface area contributed by atoms with Crippen molar-refractivity contribution in [2.75, 3.05) is 0 Å². The van der Waals surface area contributed by atoms with E-state index in [1.165, 1.54) is 28.7 Å². The van der Waals surface area contributed by atoms with E-state index < -0.39 is 0 Å². The molecule has 0 heterocycles. The molecule has 0 amide bonds. The highest BCUT2D eigenvalue weighted by molar-refractivity contribution is 5.64. The minimum Gasteiger partial charge on any atom is -0.0656 e. The van der Waals surface area contributed by atoms with Crippen molar-refractivity contribution in [3.63, 3.8) is 0 Å². The van der Waals surface area contributed by atoms with E-state index in [4.69, 9.17) is 0 Å². The first kappa shape index (κ1) is 13.5. The summed E-state index contributed by atoms with van der Waals surface area (Å²) in [6, 6.07) is 17.2. The Kier molecular flexibility index (Phi) is 5.48. The minimum absolute atomic E-state index is 1.25. The van der Waals surface area contributed by atoms with Gasteiger partial charge in [-0.25, -0.2) is 0 Å². The second-order valence-corrected chi connectivity index (χ2v) is 4.44. The molecule has 0 aliphatic rings. The normalized spacial score (nSPS) is 9.41. The molecule has 2 aromatic rings. The molecule has 0 spiro atoms. The SMILES string of the molecule is CCC.Cc1ccc(-c2cccc(C)c2)cc1. The van der Waals surface area contributed by atoms with E-state index in [2.05, 4.69) is 76.2 Å². The van der Waals surface area contributed by atoms with Gasteiger partial charge < -0.3 is 0 Å². The zero-order chi connectivity index (χ0) is 12.7. The first-order valence-electron chi connectivity index (χ1n) is 6.31. The number of hydrogen-bond acceptors (Lipinski definition) is 0. The van der Waals surface area contributed by atoms with Crippen LogP contribution in [0.4, 0.5) is 0 Å². The molecular weight excluding hydrogens is 204 g/mol. The Morgan fingerprint density at radius 1 is 0.706 bits per heavy atom. The van der Waals surface area contributed by atoms with Gasteiger partial charge in [0.25, 0.3) is 0 Å². The van der Waals surface area contributed by atoms with Crippen LogP contribution in [0.1, 0.15) is 31.4 Å². The summed E-state index contributed by atoms with van der Waals surface area (Å²) in [6.45, 7) is 8.48. The molecule has 0 radical (unpaired) electrons. The smallest absolute Gasteiger partial charge is 0.0181 e. The van der Waals surface area contributed by atoms with Crippen LogP contribution in [0.15, 0.2) is 48.5 Å². The van der Waals surface area contributed by atoms with E-state index >= 15 is 0 Å². The number of benzene rings is 2. The number of rotatable bonds is 1. The molecule has 0 aliphatic carbocycles. The summed E-state index contributed by atoms with van der Waals surface area (Å²) in [5.41, 5.74) is 5.20. The molecule has 0 nitrogen and oxygen atoms in total. The summed E-state index contributed by atoms with van der Waals surface area (Å²) >= 11 is 0. The lowest BCUT2D eigenvalue weighted by Crippen LogP contribution is -1.79. The van der Waals surface area contributed by atoms with Crippen LogP contribution < -0.4 is 0 Å². The maximum atomic E-state index is 2.21. The molecule has 17 heavy (non-hydrogen) atoms. The number of aryl methyl sites for hydroxylation is 2. The second kappa shape index (κ2) is 6.90. The molecule has 0 aliphatic heterocycles. The van der Waals surface area contributed by atoms with E-state index in [-0.39, 0.29) is 0 Å². The average molecular weight is 226 g/mol. The molecule has 0 aromatic heterocycles. The zero-order valence-corrected chi connectivity index (χ0v) is 11.3. The summed E-state index contributed by atoms with van der Waals surface area (Å²) in [5, 5.41) is 0. The Morgan fingerprint density at radius 3 is 1.82 bits per heavy atom. The molecule has 2 rings (SSSR count). The standard InChI is InChI=1S/C14H14.C3H8/c1-11-6-8-13(9-7-11)14-5-3-4-12(2)10-14;1-3-2/h3-10H,1-2H3;3H2,1-2H3. The lowest BCUT2D eigenvalue weighted by molar-refractivity contribution is 1.09. The van der Waals surface area contributed by atoms with Crippen LogP contribution in [0, 0.1) is 13.8 Å². The van der Waals surface area contributed by atoms with Gasteiger partial charge in [-0.15, -0.1) is 0 Å². The van der Waals surface area contributed by atoms with Crippen molar-refractivity contribution < 1.29 is 0 Å². The summed E-state index contributed by atoms with van der Waals surface area (Å²) in [4.78, 5) is 0. The van der Waals surface area contributed by atoms with Gasteiger partial charge in [0, 0.05) is 0 Å². The fourth-order valence-electron chi connectivity index (χ4n) is 1.57. The largest absolute Gasteiger partial charge is 0.0656 e. The molecule has 0 atom stereocenters. The van der Waals surface area contributed by atoms with Gasteiger partial charge in [0.2, 0.25) is 0 Å². The minimum atomic E-state index is 1.25. The Balaban J connectivity index is 0.000000437. The lowest BCUT2D eigenvalue weighted by Gasteiger charge is -2.02. The molecule has 90 valence electrons. The number of hydrogen-bond donors (Lipinski definition) is 0. The molecule has 0 unspecified atom stereocenters. The Morgan fingerprint density at radius 2 is 1.29 bits per heavy atom. The first-order valence-corrected chi connectivity index (χ1v) is 6.31. The molecule has 0 fully saturated rings. The van der Waals surface area contributed by atoms with E-state index in [1.54, 1.807) is 0 Å². The predicted octanol–water partition coefficient (Wildman–Crippen LogP) is 5.39. The third kappa shape index (κ3) is 4.44. The van der Waals surface area contributed by atoms with Gasteiger partial charge in [0.05, 0.1) is 0 Å². The average Bonchev–Trinajstić information content (AvgIpc) is 2.31. The van der Waals surface area contributed by atoms with Gasteiger partial charge in [0.15, 0.2) is 0 Å². The van der Waals surface area contributed by atoms with E-state index in [1.807, 2.05) is 0 Å². The van der Waals surface area contributed by atoms with Crippen LogP contribution in [0.5, 0.6) is 0 Å². The Bertz CT molecular complexity index is 438. The van der Waals surface area contributed by atoms with Crippen LogP contribution in [0.3, 0.4) is 0 Å². The Hall–Kier alpha value is -1.56. The third-order valence-corrected chi connectivity index (χ3v) is 2.40. The molecule has 0 saturated heterocycles. The van der Waals surface area contributed by atoms with Crippen LogP contribution in [-0.4, -0.2) is 0 Å². The van der Waals surface area contributed by atoms with Crippen LogP contribution in [-0.2, 0) is 0 Å². The van der Waals surface area contributed by atoms with Gasteiger partial charge in [-0.05, 0) is 25.0 Å². The maximum Gasteiger partial charge on any atom is -0.0181 e. The third-order valence-electron chi connectivity index (χ3n) is 2.40. The van der Waals surface area contributed by atoms with Crippen molar-refractivity contribution in [2.24, 2.45) is 0 Å². The highest BCUT2D eigenvalue weighted by Gasteiger charge is 1.96. The van der Waals surface area contributed by atoms with Crippen LogP contribution in [0.25, 0.3) is 11.1 Å². The molecular formula is C17H22. The second-order valence-electron chi connectivity index (χ2n) is 4.44. The first-order chi connectivity index (χ1) is 8.17. The summed E-state index contributed by atoms with van der Waals surface area (Å²) < 4.78 is 0. The van der Waals surface area contributed by atoms with Gasteiger partial charge in [0.1, 0.15) is 0 Å². The van der Waals surface area contributed by atoms with Crippen molar-refractivity contribution in [1.82, 2.24) is 0 Å².